The lowest BCUT2D eigenvalue weighted by molar-refractivity contribution is -0.133. The summed E-state index contributed by atoms with van der Waals surface area (Å²) in [6, 6.07) is 0. The maximum absolute atomic E-state index is 12.5. The number of hydrogen-bond donors (Lipinski definition) is 0. The Hall–Kier alpha value is -0.556. The van der Waals surface area contributed by atoms with Gasteiger partial charge in [0.05, 0.1) is 0 Å². The van der Waals surface area contributed by atoms with E-state index in [1.807, 2.05) is 6.92 Å². The lowest BCUT2D eigenvalue weighted by Crippen LogP contribution is -2.45. The van der Waals surface area contributed by atoms with Crippen LogP contribution in [0.15, 0.2) is 11.8 Å². The van der Waals surface area contributed by atoms with Gasteiger partial charge in [0, 0.05) is 0 Å². The molecule has 0 heterocycles. The summed E-state index contributed by atoms with van der Waals surface area (Å²) in [5, 5.41) is 0.0526. The Bertz CT molecular complexity index is 410. The first-order valence-corrected chi connectivity index (χ1v) is 13.5. The highest BCUT2D eigenvalue weighted by atomic mass is 28.4. The molecule has 0 aliphatic carbocycles. The van der Waals surface area contributed by atoms with Crippen LogP contribution in [-0.4, -0.2) is 22.6 Å². The van der Waals surface area contributed by atoms with E-state index in [9.17, 15) is 4.79 Å². The van der Waals surface area contributed by atoms with Crippen molar-refractivity contribution < 1.29 is 13.6 Å². The van der Waals surface area contributed by atoms with E-state index in [1.54, 1.807) is 6.08 Å². The van der Waals surface area contributed by atoms with Crippen LogP contribution in [-0.2, 0) is 13.6 Å². The number of carbonyl (C=O) groups is 1. The molecule has 0 bridgehead atoms. The Morgan fingerprint density at radius 1 is 0.810 bits per heavy atom. The van der Waals surface area contributed by atoms with Gasteiger partial charge in [0.25, 0.3) is 16.6 Å². The molecular formula is C16H34O3Si2. The molecule has 0 aliphatic heterocycles. The van der Waals surface area contributed by atoms with Crippen molar-refractivity contribution in [2.45, 2.75) is 84.7 Å². The van der Waals surface area contributed by atoms with Gasteiger partial charge in [-0.25, -0.2) is 4.79 Å². The molecule has 0 saturated carbocycles. The minimum atomic E-state index is -2.12. The average Bonchev–Trinajstić information content (AvgIpc) is 2.21. The topological polar surface area (TPSA) is 35.5 Å². The number of allylic oxidation sites excluding steroid dienone is 1. The molecule has 0 aliphatic rings. The van der Waals surface area contributed by atoms with E-state index in [0.29, 0.717) is 5.76 Å². The zero-order valence-corrected chi connectivity index (χ0v) is 17.8. The van der Waals surface area contributed by atoms with Crippen LogP contribution >= 0.6 is 0 Å². The predicted molar refractivity (Wildman–Crippen MR) is 95.3 cm³/mol. The molecule has 0 unspecified atom stereocenters. The highest BCUT2D eigenvalue weighted by Crippen LogP contribution is 2.39. The average molecular weight is 331 g/mol. The summed E-state index contributed by atoms with van der Waals surface area (Å²) in [6.07, 6.45) is 1.73. The van der Waals surface area contributed by atoms with Crippen LogP contribution < -0.4 is 0 Å². The lowest BCUT2D eigenvalue weighted by atomic mass is 10.2. The fraction of sp³-hybridized carbons (Fsp3) is 0.812. The van der Waals surface area contributed by atoms with Gasteiger partial charge in [-0.15, -0.1) is 0 Å². The van der Waals surface area contributed by atoms with Gasteiger partial charge in [0.15, 0.2) is 5.76 Å². The second-order valence-corrected chi connectivity index (χ2v) is 18.1. The van der Waals surface area contributed by atoms with Gasteiger partial charge in [0.1, 0.15) is 0 Å². The molecule has 0 amide bonds. The highest BCUT2D eigenvalue weighted by Gasteiger charge is 2.43. The maximum Gasteiger partial charge on any atom is 0.358 e. The van der Waals surface area contributed by atoms with Crippen molar-refractivity contribution in [3.8, 4) is 0 Å². The molecule has 0 spiro atoms. The zero-order chi connectivity index (χ0) is 17.3. The normalized spacial score (nSPS) is 14.9. The van der Waals surface area contributed by atoms with Crippen LogP contribution in [0.25, 0.3) is 0 Å². The standard InChI is InChI=1S/C16H34O3Si2/c1-12-13(18-20(8,9)15(2,3)4)14(17)19-21(10,11)16(5,6)7/h12H,1-11H3/b13-12-. The first kappa shape index (κ1) is 20.4. The van der Waals surface area contributed by atoms with Crippen molar-refractivity contribution in [1.82, 2.24) is 0 Å². The van der Waals surface area contributed by atoms with Gasteiger partial charge >= 0.3 is 5.97 Å². The lowest BCUT2D eigenvalue weighted by Gasteiger charge is -2.39. The second-order valence-electron chi connectivity index (χ2n) is 8.67. The van der Waals surface area contributed by atoms with E-state index < -0.39 is 16.6 Å². The van der Waals surface area contributed by atoms with Crippen molar-refractivity contribution in [2.75, 3.05) is 0 Å². The summed E-state index contributed by atoms with van der Waals surface area (Å²) >= 11 is 0. The summed E-state index contributed by atoms with van der Waals surface area (Å²) in [5.74, 6) is 0.0559. The number of carbonyl (C=O) groups excluding carboxylic acids is 1. The number of rotatable bonds is 4. The van der Waals surface area contributed by atoms with Gasteiger partial charge in [-0.2, -0.15) is 0 Å². The van der Waals surface area contributed by atoms with E-state index in [2.05, 4.69) is 67.7 Å². The molecule has 3 nitrogen and oxygen atoms in total. The van der Waals surface area contributed by atoms with Crippen LogP contribution in [0.4, 0.5) is 0 Å². The van der Waals surface area contributed by atoms with Crippen LogP contribution in [0.5, 0.6) is 0 Å². The third-order valence-corrected chi connectivity index (χ3v) is 13.4. The highest BCUT2D eigenvalue weighted by molar-refractivity contribution is 6.76. The van der Waals surface area contributed by atoms with E-state index in [1.165, 1.54) is 0 Å². The molecule has 0 rings (SSSR count). The van der Waals surface area contributed by atoms with E-state index >= 15 is 0 Å². The Balaban J connectivity index is 5.15. The Morgan fingerprint density at radius 3 is 1.43 bits per heavy atom. The smallest absolute Gasteiger partial charge is 0.358 e. The molecule has 0 aromatic heterocycles. The second kappa shape index (κ2) is 6.28. The SMILES string of the molecule is C/C=C(\O[Si](C)(C)C(C)(C)C)C(=O)O[Si](C)(C)C(C)(C)C. The van der Waals surface area contributed by atoms with Gasteiger partial charge in [-0.05, 0) is 49.3 Å². The van der Waals surface area contributed by atoms with Crippen molar-refractivity contribution in [2.24, 2.45) is 0 Å². The van der Waals surface area contributed by atoms with Crippen LogP contribution in [0, 0.1) is 0 Å². The molecule has 0 aromatic rings. The fourth-order valence-corrected chi connectivity index (χ4v) is 3.01. The molecule has 0 fully saturated rings. The fourth-order valence-electron chi connectivity index (χ4n) is 1.08. The molecule has 0 saturated heterocycles. The molecule has 5 heteroatoms. The van der Waals surface area contributed by atoms with Crippen molar-refractivity contribution >= 4 is 22.6 Å². The molecule has 21 heavy (non-hydrogen) atoms. The summed E-state index contributed by atoms with van der Waals surface area (Å²) in [4.78, 5) is 12.5. The third-order valence-electron chi connectivity index (χ3n) is 4.79. The van der Waals surface area contributed by atoms with Crippen LogP contribution in [0.1, 0.15) is 48.5 Å². The molecule has 0 N–H and O–H groups in total. The summed E-state index contributed by atoms with van der Waals surface area (Å²) < 4.78 is 12.0. The summed E-state index contributed by atoms with van der Waals surface area (Å²) in [5.41, 5.74) is 0. The Morgan fingerprint density at radius 2 is 1.14 bits per heavy atom. The van der Waals surface area contributed by atoms with Gasteiger partial charge in [-0.3, -0.25) is 0 Å². The monoisotopic (exact) mass is 330 g/mol. The number of hydrogen-bond acceptors (Lipinski definition) is 3. The Kier molecular flexibility index (Phi) is 6.12. The zero-order valence-electron chi connectivity index (χ0n) is 15.8. The molecule has 124 valence electrons. The van der Waals surface area contributed by atoms with Crippen molar-refractivity contribution in [3.05, 3.63) is 11.8 Å². The van der Waals surface area contributed by atoms with Crippen LogP contribution in [0.2, 0.25) is 36.3 Å². The van der Waals surface area contributed by atoms with E-state index in [-0.39, 0.29) is 16.0 Å². The van der Waals surface area contributed by atoms with Gasteiger partial charge in [0.2, 0.25) is 0 Å². The molecule has 0 atom stereocenters. The molecule has 0 radical (unpaired) electrons. The summed E-state index contributed by atoms with van der Waals surface area (Å²) in [7, 11) is -4.15. The third kappa shape index (κ3) is 5.29. The molecule has 0 aromatic carbocycles. The van der Waals surface area contributed by atoms with Gasteiger partial charge < -0.3 is 8.85 Å². The van der Waals surface area contributed by atoms with E-state index in [0.717, 1.165) is 0 Å². The van der Waals surface area contributed by atoms with Crippen molar-refractivity contribution in [1.29, 1.82) is 0 Å². The minimum absolute atomic E-state index is 0.00150. The van der Waals surface area contributed by atoms with Gasteiger partial charge in [-0.1, -0.05) is 41.5 Å². The first-order valence-electron chi connectivity index (χ1n) is 7.64. The quantitative estimate of drug-likeness (QED) is 0.390. The largest absolute Gasteiger partial charge is 0.539 e. The predicted octanol–water partition coefficient (Wildman–Crippen LogP) is 5.46. The maximum atomic E-state index is 12.5. The van der Waals surface area contributed by atoms with Crippen LogP contribution in [0.3, 0.4) is 0 Å². The Labute approximate surface area is 133 Å². The van der Waals surface area contributed by atoms with E-state index in [4.69, 9.17) is 8.85 Å². The summed E-state index contributed by atoms with van der Waals surface area (Å²) in [6.45, 7) is 23.1. The van der Waals surface area contributed by atoms with Crippen molar-refractivity contribution in [3.63, 3.8) is 0 Å². The molecular weight excluding hydrogens is 296 g/mol. The first-order chi connectivity index (χ1) is 9.05. The minimum Gasteiger partial charge on any atom is -0.539 e.